The van der Waals surface area contributed by atoms with Crippen LogP contribution in [0.4, 0.5) is 14.5 Å². The van der Waals surface area contributed by atoms with Crippen molar-refractivity contribution in [2.45, 2.75) is 18.6 Å². The van der Waals surface area contributed by atoms with Crippen molar-refractivity contribution in [3.63, 3.8) is 0 Å². The number of sulfonamides is 1. The Bertz CT molecular complexity index is 700. The fourth-order valence-electron chi connectivity index (χ4n) is 1.48. The normalized spacial score (nSPS) is 11.6. The number of ether oxygens (including phenoxy) is 1. The van der Waals surface area contributed by atoms with Gasteiger partial charge in [0.25, 0.3) is 10.0 Å². The summed E-state index contributed by atoms with van der Waals surface area (Å²) < 4.78 is 54.5. The molecule has 0 fully saturated rings. The highest BCUT2D eigenvalue weighted by Gasteiger charge is 2.17. The molecule has 2 N–H and O–H groups in total. The standard InChI is InChI=1S/C11H11F2N3O3S/c1-7-14-6-10(15-7)20(17,18)16-8-3-2-4-9(5-8)19-11(12)13/h2-6,11,16H,1H3,(H,14,15). The predicted molar refractivity (Wildman–Crippen MR) is 67.2 cm³/mol. The molecule has 2 aromatic rings. The Morgan fingerprint density at radius 1 is 1.40 bits per heavy atom. The van der Waals surface area contributed by atoms with E-state index in [4.69, 9.17) is 0 Å². The molecule has 0 aliphatic rings. The molecule has 1 aromatic heterocycles. The van der Waals surface area contributed by atoms with E-state index in [9.17, 15) is 17.2 Å². The van der Waals surface area contributed by atoms with Crippen molar-refractivity contribution in [2.75, 3.05) is 4.72 Å². The highest BCUT2D eigenvalue weighted by Crippen LogP contribution is 2.21. The zero-order chi connectivity index (χ0) is 14.8. The van der Waals surface area contributed by atoms with Gasteiger partial charge in [-0.2, -0.15) is 17.2 Å². The number of nitrogens with one attached hydrogen (secondary N) is 2. The van der Waals surface area contributed by atoms with Crippen molar-refractivity contribution in [3.05, 3.63) is 36.3 Å². The number of alkyl halides is 2. The third kappa shape index (κ3) is 3.44. The number of benzene rings is 1. The number of aromatic amines is 1. The topological polar surface area (TPSA) is 84.1 Å². The fourth-order valence-corrected chi connectivity index (χ4v) is 2.50. The minimum absolute atomic E-state index is 0.107. The van der Waals surface area contributed by atoms with E-state index in [0.717, 1.165) is 12.3 Å². The Hall–Kier alpha value is -2.16. The van der Waals surface area contributed by atoms with Gasteiger partial charge in [-0.05, 0) is 19.1 Å². The lowest BCUT2D eigenvalue weighted by Crippen LogP contribution is -2.13. The summed E-state index contributed by atoms with van der Waals surface area (Å²) in [7, 11) is -3.85. The molecule has 0 radical (unpaired) electrons. The molecule has 2 rings (SSSR count). The van der Waals surface area contributed by atoms with Crippen LogP contribution >= 0.6 is 0 Å². The van der Waals surface area contributed by atoms with Crippen LogP contribution < -0.4 is 9.46 Å². The number of anilines is 1. The SMILES string of the molecule is Cc1ncc(S(=O)(=O)Nc2cccc(OC(F)F)c2)[nH]1. The number of H-pyrrole nitrogens is 1. The van der Waals surface area contributed by atoms with E-state index in [1.54, 1.807) is 6.92 Å². The molecule has 0 amide bonds. The lowest BCUT2D eigenvalue weighted by Gasteiger charge is -2.08. The summed E-state index contributed by atoms with van der Waals surface area (Å²) in [6.45, 7) is -1.37. The van der Waals surface area contributed by atoms with E-state index < -0.39 is 16.6 Å². The number of nitrogens with zero attached hydrogens (tertiary/aromatic N) is 1. The Labute approximate surface area is 113 Å². The van der Waals surface area contributed by atoms with Crippen molar-refractivity contribution >= 4 is 15.7 Å². The lowest BCUT2D eigenvalue weighted by molar-refractivity contribution is -0.0497. The Kier molecular flexibility index (Phi) is 3.89. The van der Waals surface area contributed by atoms with Gasteiger partial charge in [-0.3, -0.25) is 4.72 Å². The van der Waals surface area contributed by atoms with Crippen LogP contribution in [0.15, 0.2) is 35.5 Å². The average molecular weight is 303 g/mol. The van der Waals surface area contributed by atoms with E-state index in [-0.39, 0.29) is 16.5 Å². The number of aryl methyl sites for hydroxylation is 1. The first-order chi connectivity index (χ1) is 9.37. The quantitative estimate of drug-likeness (QED) is 0.886. The van der Waals surface area contributed by atoms with Crippen molar-refractivity contribution in [3.8, 4) is 5.75 Å². The molecule has 0 aliphatic heterocycles. The van der Waals surface area contributed by atoms with E-state index in [0.29, 0.717) is 5.82 Å². The summed E-state index contributed by atoms with van der Waals surface area (Å²) in [6, 6.07) is 5.27. The molecule has 0 aliphatic carbocycles. The number of hydrogen-bond donors (Lipinski definition) is 2. The average Bonchev–Trinajstić information content (AvgIpc) is 2.75. The predicted octanol–water partition coefficient (Wildman–Crippen LogP) is 2.12. The highest BCUT2D eigenvalue weighted by atomic mass is 32.2. The van der Waals surface area contributed by atoms with Crippen molar-refractivity contribution in [2.24, 2.45) is 0 Å². The van der Waals surface area contributed by atoms with E-state index >= 15 is 0 Å². The van der Waals surface area contributed by atoms with Crippen LogP contribution in [0.3, 0.4) is 0 Å². The molecule has 9 heteroatoms. The molecule has 0 saturated carbocycles. The van der Waals surface area contributed by atoms with Gasteiger partial charge >= 0.3 is 6.61 Å². The molecular weight excluding hydrogens is 292 g/mol. The van der Waals surface area contributed by atoms with Crippen LogP contribution in [-0.2, 0) is 10.0 Å². The molecule has 108 valence electrons. The third-order valence-electron chi connectivity index (χ3n) is 2.28. The summed E-state index contributed by atoms with van der Waals surface area (Å²) in [5, 5.41) is -0.116. The van der Waals surface area contributed by atoms with Gasteiger partial charge < -0.3 is 9.72 Å². The minimum atomic E-state index is -3.85. The zero-order valence-electron chi connectivity index (χ0n) is 10.3. The number of halogens is 2. The third-order valence-corrected chi connectivity index (χ3v) is 3.57. The van der Waals surface area contributed by atoms with E-state index in [1.165, 1.54) is 18.2 Å². The van der Waals surface area contributed by atoms with Gasteiger partial charge in [0.1, 0.15) is 11.6 Å². The summed E-state index contributed by atoms with van der Waals surface area (Å²) in [5.74, 6) is 0.307. The van der Waals surface area contributed by atoms with Crippen LogP contribution in [0.1, 0.15) is 5.82 Å². The molecule has 1 aromatic carbocycles. The van der Waals surface area contributed by atoms with Gasteiger partial charge in [0.2, 0.25) is 0 Å². The Morgan fingerprint density at radius 2 is 2.15 bits per heavy atom. The van der Waals surface area contributed by atoms with Gasteiger partial charge in [-0.25, -0.2) is 4.98 Å². The molecule has 6 nitrogen and oxygen atoms in total. The monoisotopic (exact) mass is 303 g/mol. The van der Waals surface area contributed by atoms with Gasteiger partial charge in [-0.15, -0.1) is 0 Å². The van der Waals surface area contributed by atoms with Crippen LogP contribution in [0, 0.1) is 6.92 Å². The molecule has 0 atom stereocenters. The van der Waals surface area contributed by atoms with Crippen molar-refractivity contribution < 1.29 is 21.9 Å². The lowest BCUT2D eigenvalue weighted by atomic mass is 10.3. The Morgan fingerprint density at radius 3 is 2.75 bits per heavy atom. The molecule has 0 saturated heterocycles. The first-order valence-electron chi connectivity index (χ1n) is 5.46. The molecule has 1 heterocycles. The second-order valence-corrected chi connectivity index (χ2v) is 5.50. The second-order valence-electron chi connectivity index (χ2n) is 3.84. The zero-order valence-corrected chi connectivity index (χ0v) is 11.1. The first kappa shape index (κ1) is 14.3. The van der Waals surface area contributed by atoms with Gasteiger partial charge in [0, 0.05) is 6.07 Å². The van der Waals surface area contributed by atoms with Gasteiger partial charge in [0.15, 0.2) is 5.03 Å². The van der Waals surface area contributed by atoms with Crippen molar-refractivity contribution in [1.82, 2.24) is 9.97 Å². The number of aromatic nitrogens is 2. The van der Waals surface area contributed by atoms with Gasteiger partial charge in [-0.1, -0.05) is 6.07 Å². The summed E-state index contributed by atoms with van der Waals surface area (Å²) in [4.78, 5) is 6.35. The first-order valence-corrected chi connectivity index (χ1v) is 6.94. The molecule has 20 heavy (non-hydrogen) atoms. The molecular formula is C11H11F2N3O3S. The number of hydrogen-bond acceptors (Lipinski definition) is 4. The maximum atomic E-state index is 12.1. The minimum Gasteiger partial charge on any atom is -0.435 e. The summed E-state index contributed by atoms with van der Waals surface area (Å²) in [5.41, 5.74) is 0.107. The fraction of sp³-hybridized carbons (Fsp3) is 0.182. The largest absolute Gasteiger partial charge is 0.435 e. The highest BCUT2D eigenvalue weighted by molar-refractivity contribution is 7.92. The van der Waals surface area contributed by atoms with Crippen LogP contribution in [0.25, 0.3) is 0 Å². The van der Waals surface area contributed by atoms with Crippen LogP contribution in [0.5, 0.6) is 5.75 Å². The van der Waals surface area contributed by atoms with Crippen LogP contribution in [-0.4, -0.2) is 25.0 Å². The number of rotatable bonds is 5. The van der Waals surface area contributed by atoms with Crippen LogP contribution in [0.2, 0.25) is 0 Å². The Balaban J connectivity index is 2.21. The van der Waals surface area contributed by atoms with Crippen molar-refractivity contribution in [1.29, 1.82) is 0 Å². The molecule has 0 bridgehead atoms. The molecule has 0 spiro atoms. The summed E-state index contributed by atoms with van der Waals surface area (Å²) >= 11 is 0. The second kappa shape index (κ2) is 5.45. The number of imidazole rings is 1. The maximum absolute atomic E-state index is 12.1. The van der Waals surface area contributed by atoms with Gasteiger partial charge in [0.05, 0.1) is 11.9 Å². The summed E-state index contributed by atoms with van der Waals surface area (Å²) in [6.07, 6.45) is 1.16. The van der Waals surface area contributed by atoms with E-state index in [1.807, 2.05) is 0 Å². The smallest absolute Gasteiger partial charge is 0.387 e. The maximum Gasteiger partial charge on any atom is 0.387 e. The molecule has 0 unspecified atom stereocenters. The van der Waals surface area contributed by atoms with E-state index in [2.05, 4.69) is 19.4 Å².